The first-order valence-corrected chi connectivity index (χ1v) is 13.0. The van der Waals surface area contributed by atoms with Crippen LogP contribution in [0, 0.1) is 0 Å². The van der Waals surface area contributed by atoms with Crippen LogP contribution in [-0.4, -0.2) is 67.4 Å². The van der Waals surface area contributed by atoms with Gasteiger partial charge in [-0.3, -0.25) is 4.57 Å². The summed E-state index contributed by atoms with van der Waals surface area (Å²) in [6, 6.07) is 14.4. The Hall–Kier alpha value is -4.28. The number of aromatic nitrogens is 6. The molecule has 10 nitrogen and oxygen atoms in total. The van der Waals surface area contributed by atoms with E-state index in [4.69, 9.17) is 21.4 Å². The number of fused-ring (bicyclic) bond motifs is 2. The molecule has 1 fully saturated rings. The van der Waals surface area contributed by atoms with Gasteiger partial charge in [0.2, 0.25) is 0 Å². The maximum Gasteiger partial charge on any atom is 0.169 e. The van der Waals surface area contributed by atoms with E-state index in [1.165, 1.54) is 11.1 Å². The summed E-state index contributed by atoms with van der Waals surface area (Å²) < 4.78 is 3.91. The summed E-state index contributed by atoms with van der Waals surface area (Å²) in [6.07, 6.45) is 7.30. The fourth-order valence-corrected chi connectivity index (χ4v) is 5.64. The SMILES string of the molecule is CN1CCN(c2cc(-n3cccn3)nc3c2nc(-c2cccnc2N)n3-c2ccc3c(c2)CCC3N)CC1. The van der Waals surface area contributed by atoms with Gasteiger partial charge in [-0.1, -0.05) is 6.07 Å². The highest BCUT2D eigenvalue weighted by atomic mass is 15.3. The van der Waals surface area contributed by atoms with Crippen molar-refractivity contribution in [2.75, 3.05) is 43.9 Å². The lowest BCUT2D eigenvalue weighted by Gasteiger charge is -2.34. The molecule has 0 amide bonds. The highest BCUT2D eigenvalue weighted by Gasteiger charge is 2.26. The number of likely N-dealkylation sites (N-methyl/N-ethyl adjacent to an activating group) is 1. The summed E-state index contributed by atoms with van der Waals surface area (Å²) in [6.45, 7) is 3.77. The molecule has 5 aromatic rings. The minimum absolute atomic E-state index is 0.0837. The van der Waals surface area contributed by atoms with E-state index in [0.717, 1.165) is 72.9 Å². The molecule has 38 heavy (non-hydrogen) atoms. The average Bonchev–Trinajstić information content (AvgIpc) is 3.68. The van der Waals surface area contributed by atoms with E-state index in [1.807, 2.05) is 24.4 Å². The molecule has 1 aliphatic carbocycles. The predicted octanol–water partition coefficient (Wildman–Crippen LogP) is 2.95. The first-order valence-electron chi connectivity index (χ1n) is 13.0. The van der Waals surface area contributed by atoms with Gasteiger partial charge in [0, 0.05) is 62.6 Å². The fraction of sp³-hybridized carbons (Fsp3) is 0.286. The molecule has 0 radical (unpaired) electrons. The van der Waals surface area contributed by atoms with Crippen molar-refractivity contribution in [3.63, 3.8) is 0 Å². The van der Waals surface area contributed by atoms with Gasteiger partial charge in [0.1, 0.15) is 11.3 Å². The molecule has 0 saturated carbocycles. The first kappa shape index (κ1) is 22.9. The van der Waals surface area contributed by atoms with Crippen LogP contribution in [-0.2, 0) is 6.42 Å². The smallest absolute Gasteiger partial charge is 0.169 e. The van der Waals surface area contributed by atoms with Crippen molar-refractivity contribution in [2.45, 2.75) is 18.9 Å². The average molecular weight is 507 g/mol. The Balaban J connectivity index is 1.52. The number of imidazole rings is 1. The summed E-state index contributed by atoms with van der Waals surface area (Å²) in [4.78, 5) is 19.4. The second-order valence-corrected chi connectivity index (χ2v) is 10.1. The molecule has 0 spiro atoms. The van der Waals surface area contributed by atoms with E-state index >= 15 is 0 Å². The normalized spacial score (nSPS) is 17.8. The van der Waals surface area contributed by atoms with Crippen molar-refractivity contribution < 1.29 is 0 Å². The summed E-state index contributed by atoms with van der Waals surface area (Å²) in [7, 11) is 2.16. The highest BCUT2D eigenvalue weighted by molar-refractivity contribution is 5.92. The van der Waals surface area contributed by atoms with Crippen LogP contribution in [0.4, 0.5) is 11.5 Å². The summed E-state index contributed by atoms with van der Waals surface area (Å²) >= 11 is 0. The molecule has 0 bridgehead atoms. The predicted molar refractivity (Wildman–Crippen MR) is 149 cm³/mol. The van der Waals surface area contributed by atoms with Crippen molar-refractivity contribution >= 4 is 22.7 Å². The van der Waals surface area contributed by atoms with Crippen LogP contribution in [0.2, 0.25) is 0 Å². The largest absolute Gasteiger partial charge is 0.383 e. The van der Waals surface area contributed by atoms with Gasteiger partial charge in [-0.25, -0.2) is 19.6 Å². The molecule has 1 aliphatic heterocycles. The molecule has 1 unspecified atom stereocenters. The summed E-state index contributed by atoms with van der Waals surface area (Å²) in [5.41, 5.74) is 19.6. The second-order valence-electron chi connectivity index (χ2n) is 10.1. The number of pyridine rings is 2. The number of hydrogen-bond acceptors (Lipinski definition) is 8. The zero-order valence-electron chi connectivity index (χ0n) is 21.3. The number of piperazine rings is 1. The quantitative estimate of drug-likeness (QED) is 0.382. The number of nitrogens with two attached hydrogens (primary N) is 2. The number of hydrogen-bond donors (Lipinski definition) is 2. The van der Waals surface area contributed by atoms with Crippen LogP contribution in [0.15, 0.2) is 61.1 Å². The Kier molecular flexibility index (Phi) is 5.38. The van der Waals surface area contributed by atoms with Gasteiger partial charge < -0.3 is 21.3 Å². The maximum absolute atomic E-state index is 6.40. The monoisotopic (exact) mass is 506 g/mol. The third-order valence-electron chi connectivity index (χ3n) is 7.75. The Morgan fingerprint density at radius 2 is 1.84 bits per heavy atom. The number of nitrogen functional groups attached to an aromatic ring is 1. The molecule has 192 valence electrons. The zero-order chi connectivity index (χ0) is 25.8. The molecule has 10 heteroatoms. The third kappa shape index (κ3) is 3.72. The van der Waals surface area contributed by atoms with Crippen LogP contribution in [0.25, 0.3) is 34.1 Å². The second kappa shape index (κ2) is 8.93. The third-order valence-corrected chi connectivity index (χ3v) is 7.75. The number of benzene rings is 1. The minimum Gasteiger partial charge on any atom is -0.383 e. The highest BCUT2D eigenvalue weighted by Crippen LogP contribution is 2.37. The molecular formula is C28H30N10. The van der Waals surface area contributed by atoms with Crippen LogP contribution in [0.5, 0.6) is 0 Å². The first-order chi connectivity index (χ1) is 18.6. The maximum atomic E-state index is 6.40. The number of aryl methyl sites for hydroxylation is 1. The molecule has 5 heterocycles. The van der Waals surface area contributed by atoms with Gasteiger partial charge in [-0.05, 0) is 61.3 Å². The van der Waals surface area contributed by atoms with Gasteiger partial charge >= 0.3 is 0 Å². The molecular weight excluding hydrogens is 476 g/mol. The van der Waals surface area contributed by atoms with E-state index in [9.17, 15) is 0 Å². The number of rotatable bonds is 4. The van der Waals surface area contributed by atoms with Crippen LogP contribution < -0.4 is 16.4 Å². The van der Waals surface area contributed by atoms with Crippen molar-refractivity contribution in [2.24, 2.45) is 5.73 Å². The van der Waals surface area contributed by atoms with Gasteiger partial charge in [0.25, 0.3) is 0 Å². The molecule has 1 aromatic carbocycles. The lowest BCUT2D eigenvalue weighted by atomic mass is 10.1. The van der Waals surface area contributed by atoms with Gasteiger partial charge in [0.15, 0.2) is 17.3 Å². The topological polar surface area (TPSA) is 120 Å². The van der Waals surface area contributed by atoms with Gasteiger partial charge in [-0.2, -0.15) is 5.10 Å². The number of nitrogens with zero attached hydrogens (tertiary/aromatic N) is 8. The van der Waals surface area contributed by atoms with Crippen molar-refractivity contribution in [1.82, 2.24) is 34.2 Å². The van der Waals surface area contributed by atoms with Gasteiger partial charge in [0.05, 0.1) is 11.3 Å². The lowest BCUT2D eigenvalue weighted by Crippen LogP contribution is -2.44. The molecule has 1 saturated heterocycles. The molecule has 4 N–H and O–H groups in total. The fourth-order valence-electron chi connectivity index (χ4n) is 5.64. The Bertz CT molecular complexity index is 1630. The Labute approximate surface area is 220 Å². The standard InChI is InChI=1S/C28H30N10/c1-35-12-14-36(15-13-35)23-17-24(37-11-3-10-32-37)33-28-25(23)34-27(21-4-2-9-31-26(21)30)38(28)19-6-7-20-18(16-19)5-8-22(20)29/h2-4,6-7,9-11,16-17,22H,5,8,12-15,29H2,1H3,(H2,30,31). The minimum atomic E-state index is 0.0837. The van der Waals surface area contributed by atoms with Crippen LogP contribution in [0.1, 0.15) is 23.6 Å². The Morgan fingerprint density at radius 3 is 2.63 bits per heavy atom. The molecule has 1 atom stereocenters. The summed E-state index contributed by atoms with van der Waals surface area (Å²) in [5, 5.41) is 4.48. The van der Waals surface area contributed by atoms with Crippen molar-refractivity contribution in [1.29, 1.82) is 0 Å². The molecule has 4 aromatic heterocycles. The van der Waals surface area contributed by atoms with E-state index in [1.54, 1.807) is 17.1 Å². The zero-order valence-corrected chi connectivity index (χ0v) is 21.3. The summed E-state index contributed by atoms with van der Waals surface area (Å²) in [5.74, 6) is 1.89. The Morgan fingerprint density at radius 1 is 0.974 bits per heavy atom. The van der Waals surface area contributed by atoms with Gasteiger partial charge in [-0.15, -0.1) is 0 Å². The van der Waals surface area contributed by atoms with Crippen molar-refractivity contribution in [3.8, 4) is 22.9 Å². The van der Waals surface area contributed by atoms with E-state index in [-0.39, 0.29) is 6.04 Å². The molecule has 2 aliphatic rings. The van der Waals surface area contributed by atoms with Crippen LogP contribution >= 0.6 is 0 Å². The van der Waals surface area contributed by atoms with Crippen LogP contribution in [0.3, 0.4) is 0 Å². The molecule has 7 rings (SSSR count). The van der Waals surface area contributed by atoms with E-state index in [0.29, 0.717) is 11.6 Å². The van der Waals surface area contributed by atoms with E-state index in [2.05, 4.69) is 55.8 Å². The number of anilines is 2. The van der Waals surface area contributed by atoms with Crippen molar-refractivity contribution in [3.05, 3.63) is 72.2 Å². The van der Waals surface area contributed by atoms with E-state index < -0.39 is 0 Å². The lowest BCUT2D eigenvalue weighted by molar-refractivity contribution is 0.313.